The van der Waals surface area contributed by atoms with Gasteiger partial charge in [0.15, 0.2) is 11.5 Å². The van der Waals surface area contributed by atoms with Crippen LogP contribution in [0.5, 0.6) is 0 Å². The van der Waals surface area contributed by atoms with Gasteiger partial charge in [0.2, 0.25) is 0 Å². The van der Waals surface area contributed by atoms with Crippen LogP contribution in [0.4, 0.5) is 5.82 Å². The van der Waals surface area contributed by atoms with Gasteiger partial charge in [0, 0.05) is 18.5 Å². The maximum absolute atomic E-state index is 11.7. The number of aromatic nitrogens is 4. The van der Waals surface area contributed by atoms with E-state index in [-0.39, 0.29) is 17.2 Å². The summed E-state index contributed by atoms with van der Waals surface area (Å²) in [6, 6.07) is 2.32. The SMILES string of the molecule is O=C(Nc1nccnc1C(=O)O)c1ccc(=O)[nH]n1. The summed E-state index contributed by atoms with van der Waals surface area (Å²) in [6.45, 7) is 0. The molecule has 0 fully saturated rings. The lowest BCUT2D eigenvalue weighted by Gasteiger charge is -2.05. The van der Waals surface area contributed by atoms with Crippen molar-refractivity contribution in [2.45, 2.75) is 0 Å². The number of aromatic carboxylic acids is 1. The molecule has 2 rings (SSSR count). The Morgan fingerprint density at radius 1 is 1.21 bits per heavy atom. The van der Waals surface area contributed by atoms with Crippen molar-refractivity contribution >= 4 is 17.7 Å². The van der Waals surface area contributed by atoms with Crippen LogP contribution in [-0.4, -0.2) is 37.1 Å². The van der Waals surface area contributed by atoms with Gasteiger partial charge in [0.05, 0.1) is 0 Å². The molecule has 0 aromatic carbocycles. The van der Waals surface area contributed by atoms with Gasteiger partial charge in [-0.1, -0.05) is 0 Å². The van der Waals surface area contributed by atoms with E-state index in [0.29, 0.717) is 0 Å². The first-order chi connectivity index (χ1) is 9.08. The van der Waals surface area contributed by atoms with Gasteiger partial charge in [-0.3, -0.25) is 9.59 Å². The average molecular weight is 261 g/mol. The lowest BCUT2D eigenvalue weighted by atomic mass is 10.3. The normalized spacial score (nSPS) is 9.89. The van der Waals surface area contributed by atoms with E-state index >= 15 is 0 Å². The number of amides is 1. The van der Waals surface area contributed by atoms with E-state index < -0.39 is 17.4 Å². The number of hydrogen-bond acceptors (Lipinski definition) is 6. The summed E-state index contributed by atoms with van der Waals surface area (Å²) in [6.07, 6.45) is 2.43. The third-order valence-corrected chi connectivity index (χ3v) is 2.04. The van der Waals surface area contributed by atoms with Crippen molar-refractivity contribution < 1.29 is 14.7 Å². The molecule has 0 aliphatic heterocycles. The molecule has 0 aliphatic rings. The van der Waals surface area contributed by atoms with E-state index in [1.165, 1.54) is 18.5 Å². The van der Waals surface area contributed by atoms with Gasteiger partial charge >= 0.3 is 5.97 Å². The number of nitrogens with one attached hydrogen (secondary N) is 2. The lowest BCUT2D eigenvalue weighted by molar-refractivity contribution is 0.0691. The monoisotopic (exact) mass is 261 g/mol. The Morgan fingerprint density at radius 3 is 2.58 bits per heavy atom. The number of carboxylic acid groups (broad SMARTS) is 1. The van der Waals surface area contributed by atoms with E-state index in [9.17, 15) is 14.4 Å². The van der Waals surface area contributed by atoms with Crippen molar-refractivity contribution in [3.8, 4) is 0 Å². The van der Waals surface area contributed by atoms with Crippen molar-refractivity contribution in [3.05, 3.63) is 46.3 Å². The molecule has 9 heteroatoms. The van der Waals surface area contributed by atoms with Crippen molar-refractivity contribution in [1.82, 2.24) is 20.2 Å². The van der Waals surface area contributed by atoms with Crippen LogP contribution in [0.2, 0.25) is 0 Å². The Balaban J connectivity index is 2.26. The molecule has 2 heterocycles. The Labute approximate surface area is 105 Å². The first kappa shape index (κ1) is 12.4. The van der Waals surface area contributed by atoms with Gasteiger partial charge in [0.25, 0.3) is 11.5 Å². The summed E-state index contributed by atoms with van der Waals surface area (Å²) in [5.41, 5.74) is -0.927. The smallest absolute Gasteiger partial charge is 0.358 e. The number of anilines is 1. The van der Waals surface area contributed by atoms with E-state index in [1.807, 2.05) is 0 Å². The van der Waals surface area contributed by atoms with Gasteiger partial charge in [-0.25, -0.2) is 19.9 Å². The zero-order chi connectivity index (χ0) is 13.8. The van der Waals surface area contributed by atoms with Gasteiger partial charge in [0.1, 0.15) is 5.69 Å². The number of H-pyrrole nitrogens is 1. The number of aromatic amines is 1. The molecular weight excluding hydrogens is 254 g/mol. The highest BCUT2D eigenvalue weighted by molar-refractivity contribution is 6.05. The first-order valence-corrected chi connectivity index (χ1v) is 4.99. The summed E-state index contributed by atoms with van der Waals surface area (Å²) in [7, 11) is 0. The van der Waals surface area contributed by atoms with Crippen LogP contribution in [0.1, 0.15) is 21.0 Å². The number of rotatable bonds is 3. The fraction of sp³-hybridized carbons (Fsp3) is 0. The molecule has 0 saturated heterocycles. The fourth-order valence-electron chi connectivity index (χ4n) is 1.23. The fourth-order valence-corrected chi connectivity index (χ4v) is 1.23. The van der Waals surface area contributed by atoms with E-state index in [4.69, 9.17) is 5.11 Å². The predicted octanol–water partition coefficient (Wildman–Crippen LogP) is -0.490. The maximum atomic E-state index is 11.7. The second kappa shape index (κ2) is 5.04. The second-order valence-electron chi connectivity index (χ2n) is 3.32. The summed E-state index contributed by atoms with van der Waals surface area (Å²) in [5, 5.41) is 16.7. The molecule has 0 atom stereocenters. The number of hydrogen-bond donors (Lipinski definition) is 3. The Hall–Kier alpha value is -3.10. The minimum Gasteiger partial charge on any atom is -0.476 e. The molecule has 0 unspecified atom stereocenters. The number of carboxylic acids is 1. The van der Waals surface area contributed by atoms with Crippen molar-refractivity contribution in [2.75, 3.05) is 5.32 Å². The Bertz CT molecular complexity index is 676. The summed E-state index contributed by atoms with van der Waals surface area (Å²) >= 11 is 0. The van der Waals surface area contributed by atoms with Crippen LogP contribution >= 0.6 is 0 Å². The van der Waals surface area contributed by atoms with Gasteiger partial charge in [-0.05, 0) is 6.07 Å². The first-order valence-electron chi connectivity index (χ1n) is 4.99. The molecule has 2 aromatic heterocycles. The minimum atomic E-state index is -1.32. The minimum absolute atomic E-state index is 0.0819. The van der Waals surface area contributed by atoms with Gasteiger partial charge in [-0.2, -0.15) is 5.10 Å². The Morgan fingerprint density at radius 2 is 1.95 bits per heavy atom. The molecule has 0 bridgehead atoms. The lowest BCUT2D eigenvalue weighted by Crippen LogP contribution is -2.20. The van der Waals surface area contributed by atoms with E-state index in [2.05, 4.69) is 25.5 Å². The molecule has 0 spiro atoms. The Kier molecular flexibility index (Phi) is 3.28. The number of carbonyl (C=O) groups excluding carboxylic acids is 1. The zero-order valence-electron chi connectivity index (χ0n) is 9.32. The summed E-state index contributed by atoms with van der Waals surface area (Å²) in [4.78, 5) is 40.7. The predicted molar refractivity (Wildman–Crippen MR) is 61.8 cm³/mol. The van der Waals surface area contributed by atoms with Gasteiger partial charge < -0.3 is 10.4 Å². The van der Waals surface area contributed by atoms with Crippen molar-refractivity contribution in [2.24, 2.45) is 0 Å². The van der Waals surface area contributed by atoms with E-state index in [1.54, 1.807) is 0 Å². The molecular formula is C10H7N5O4. The van der Waals surface area contributed by atoms with Crippen LogP contribution in [0.3, 0.4) is 0 Å². The second-order valence-corrected chi connectivity index (χ2v) is 3.32. The zero-order valence-corrected chi connectivity index (χ0v) is 9.32. The third kappa shape index (κ3) is 2.77. The van der Waals surface area contributed by atoms with Crippen LogP contribution in [0.25, 0.3) is 0 Å². The highest BCUT2D eigenvalue weighted by atomic mass is 16.4. The topological polar surface area (TPSA) is 138 Å². The molecule has 9 nitrogen and oxygen atoms in total. The standard InChI is InChI=1S/C10H7N5O4/c16-6-2-1-5(14-15-6)9(17)13-8-7(10(18)19)11-3-4-12-8/h1-4H,(H,15,16)(H,18,19)(H,12,13,17). The van der Waals surface area contributed by atoms with Gasteiger partial charge in [-0.15, -0.1) is 0 Å². The molecule has 0 saturated carbocycles. The molecule has 19 heavy (non-hydrogen) atoms. The average Bonchev–Trinajstić information content (AvgIpc) is 2.39. The van der Waals surface area contributed by atoms with E-state index in [0.717, 1.165) is 6.07 Å². The molecule has 2 aromatic rings. The van der Waals surface area contributed by atoms with Crippen molar-refractivity contribution in [1.29, 1.82) is 0 Å². The van der Waals surface area contributed by atoms with Crippen LogP contribution < -0.4 is 10.9 Å². The molecule has 3 N–H and O–H groups in total. The highest BCUT2D eigenvalue weighted by Crippen LogP contribution is 2.09. The summed E-state index contributed by atoms with van der Waals surface area (Å²) < 4.78 is 0. The number of nitrogens with zero attached hydrogens (tertiary/aromatic N) is 3. The molecule has 1 amide bonds. The molecule has 96 valence electrons. The quantitative estimate of drug-likeness (QED) is 0.677. The molecule has 0 radical (unpaired) electrons. The molecule has 0 aliphatic carbocycles. The van der Waals surface area contributed by atoms with Crippen LogP contribution in [0, 0.1) is 0 Å². The third-order valence-electron chi connectivity index (χ3n) is 2.04. The highest BCUT2D eigenvalue weighted by Gasteiger charge is 2.16. The summed E-state index contributed by atoms with van der Waals surface area (Å²) in [5.74, 6) is -2.23. The maximum Gasteiger partial charge on any atom is 0.358 e. The van der Waals surface area contributed by atoms with Crippen LogP contribution in [-0.2, 0) is 0 Å². The van der Waals surface area contributed by atoms with Crippen molar-refractivity contribution in [3.63, 3.8) is 0 Å². The number of carbonyl (C=O) groups is 2. The largest absolute Gasteiger partial charge is 0.476 e. The van der Waals surface area contributed by atoms with Crippen LogP contribution in [0.15, 0.2) is 29.3 Å².